The lowest BCUT2D eigenvalue weighted by molar-refractivity contribution is -0.157. The SMILES string of the molecule is CCOC(=O)[C@@H]1OC[C@@H](O)[C@H]1O. The van der Waals surface area contributed by atoms with Gasteiger partial charge < -0.3 is 19.7 Å². The first-order chi connectivity index (χ1) is 5.66. The Kier molecular flexibility index (Phi) is 3.02. The monoisotopic (exact) mass is 176 g/mol. The van der Waals surface area contributed by atoms with Crippen LogP contribution in [0, 0.1) is 0 Å². The number of carbonyl (C=O) groups is 1. The predicted octanol–water partition coefficient (Wildman–Crippen LogP) is -1.33. The number of aliphatic hydroxyl groups excluding tert-OH is 2. The van der Waals surface area contributed by atoms with E-state index in [-0.39, 0.29) is 13.2 Å². The Morgan fingerprint density at radius 2 is 2.33 bits per heavy atom. The van der Waals surface area contributed by atoms with Gasteiger partial charge in [0.1, 0.15) is 12.2 Å². The second kappa shape index (κ2) is 3.84. The zero-order chi connectivity index (χ0) is 9.14. The fourth-order valence-corrected chi connectivity index (χ4v) is 1.03. The van der Waals surface area contributed by atoms with Crippen molar-refractivity contribution in [3.05, 3.63) is 0 Å². The van der Waals surface area contributed by atoms with Crippen molar-refractivity contribution in [1.82, 2.24) is 0 Å². The van der Waals surface area contributed by atoms with Crippen LogP contribution in [0.25, 0.3) is 0 Å². The molecule has 0 aromatic carbocycles. The molecule has 1 rings (SSSR count). The van der Waals surface area contributed by atoms with Crippen molar-refractivity contribution < 1.29 is 24.5 Å². The van der Waals surface area contributed by atoms with Crippen LogP contribution in [-0.2, 0) is 14.3 Å². The van der Waals surface area contributed by atoms with Crippen molar-refractivity contribution in [3.8, 4) is 0 Å². The molecule has 1 heterocycles. The molecule has 0 aliphatic carbocycles. The summed E-state index contributed by atoms with van der Waals surface area (Å²) in [5.74, 6) is -0.624. The van der Waals surface area contributed by atoms with Crippen LogP contribution < -0.4 is 0 Å². The molecule has 1 aliphatic heterocycles. The average Bonchev–Trinajstić information content (AvgIpc) is 2.34. The van der Waals surface area contributed by atoms with E-state index in [1.54, 1.807) is 6.92 Å². The van der Waals surface area contributed by atoms with Crippen LogP contribution >= 0.6 is 0 Å². The third-order valence-corrected chi connectivity index (χ3v) is 1.67. The van der Waals surface area contributed by atoms with Gasteiger partial charge in [-0.3, -0.25) is 0 Å². The Balaban J connectivity index is 2.47. The van der Waals surface area contributed by atoms with E-state index in [0.717, 1.165) is 0 Å². The molecule has 1 aliphatic rings. The molecule has 0 unspecified atom stereocenters. The minimum atomic E-state index is -1.16. The first-order valence-corrected chi connectivity index (χ1v) is 3.81. The summed E-state index contributed by atoms with van der Waals surface area (Å²) in [4.78, 5) is 11.0. The van der Waals surface area contributed by atoms with E-state index in [2.05, 4.69) is 4.74 Å². The largest absolute Gasteiger partial charge is 0.464 e. The van der Waals surface area contributed by atoms with Crippen molar-refractivity contribution >= 4 is 5.97 Å². The van der Waals surface area contributed by atoms with Crippen LogP contribution in [0.5, 0.6) is 0 Å². The van der Waals surface area contributed by atoms with E-state index in [0.29, 0.717) is 0 Å². The second-order valence-corrected chi connectivity index (χ2v) is 2.56. The van der Waals surface area contributed by atoms with Crippen LogP contribution in [0.15, 0.2) is 0 Å². The molecule has 5 nitrogen and oxygen atoms in total. The van der Waals surface area contributed by atoms with Gasteiger partial charge in [0.15, 0.2) is 6.10 Å². The number of esters is 1. The highest BCUT2D eigenvalue weighted by Gasteiger charge is 2.40. The summed E-state index contributed by atoms with van der Waals surface area (Å²) in [5.41, 5.74) is 0. The molecule has 0 amide bonds. The summed E-state index contributed by atoms with van der Waals surface area (Å²) in [5, 5.41) is 18.2. The van der Waals surface area contributed by atoms with Gasteiger partial charge in [0.2, 0.25) is 0 Å². The summed E-state index contributed by atoms with van der Waals surface area (Å²) in [6, 6.07) is 0. The van der Waals surface area contributed by atoms with E-state index in [1.165, 1.54) is 0 Å². The molecule has 2 N–H and O–H groups in total. The van der Waals surface area contributed by atoms with E-state index < -0.39 is 24.3 Å². The molecule has 12 heavy (non-hydrogen) atoms. The number of carbonyl (C=O) groups excluding carboxylic acids is 1. The molecule has 0 spiro atoms. The van der Waals surface area contributed by atoms with Crippen LogP contribution in [0.2, 0.25) is 0 Å². The van der Waals surface area contributed by atoms with E-state index in [4.69, 9.17) is 9.84 Å². The number of hydrogen-bond acceptors (Lipinski definition) is 5. The zero-order valence-electron chi connectivity index (χ0n) is 6.77. The van der Waals surface area contributed by atoms with Crippen molar-refractivity contribution in [2.45, 2.75) is 25.2 Å². The first-order valence-electron chi connectivity index (χ1n) is 3.81. The van der Waals surface area contributed by atoms with Crippen LogP contribution in [0.1, 0.15) is 6.92 Å². The lowest BCUT2D eigenvalue weighted by atomic mass is 10.1. The van der Waals surface area contributed by atoms with E-state index in [1.807, 2.05) is 0 Å². The molecule has 0 aromatic rings. The Hall–Kier alpha value is -0.650. The van der Waals surface area contributed by atoms with Crippen LogP contribution in [-0.4, -0.2) is 47.7 Å². The van der Waals surface area contributed by atoms with Gasteiger partial charge in [-0.1, -0.05) is 0 Å². The highest BCUT2D eigenvalue weighted by atomic mass is 16.6. The summed E-state index contributed by atoms with van der Waals surface area (Å²) in [6.07, 6.45) is -3.18. The van der Waals surface area contributed by atoms with Crippen LogP contribution in [0.3, 0.4) is 0 Å². The van der Waals surface area contributed by atoms with Gasteiger partial charge in [0, 0.05) is 0 Å². The number of hydrogen-bond donors (Lipinski definition) is 2. The topological polar surface area (TPSA) is 76.0 Å². The Morgan fingerprint density at radius 3 is 2.75 bits per heavy atom. The van der Waals surface area contributed by atoms with Gasteiger partial charge in [-0.05, 0) is 6.92 Å². The van der Waals surface area contributed by atoms with Crippen molar-refractivity contribution in [3.63, 3.8) is 0 Å². The fraction of sp³-hybridized carbons (Fsp3) is 0.857. The summed E-state index contributed by atoms with van der Waals surface area (Å²) in [6.45, 7) is 1.88. The molecule has 5 heteroatoms. The summed E-state index contributed by atoms with van der Waals surface area (Å²) in [7, 11) is 0. The quantitative estimate of drug-likeness (QED) is 0.510. The highest BCUT2D eigenvalue weighted by Crippen LogP contribution is 2.15. The maximum absolute atomic E-state index is 11.0. The fourth-order valence-electron chi connectivity index (χ4n) is 1.03. The predicted molar refractivity (Wildman–Crippen MR) is 38.4 cm³/mol. The maximum atomic E-state index is 11.0. The van der Waals surface area contributed by atoms with Gasteiger partial charge in [-0.2, -0.15) is 0 Å². The lowest BCUT2D eigenvalue weighted by Crippen LogP contribution is -2.36. The van der Waals surface area contributed by atoms with Gasteiger partial charge in [-0.15, -0.1) is 0 Å². The molecule has 0 bridgehead atoms. The average molecular weight is 176 g/mol. The standard InChI is InChI=1S/C7H12O5/c1-2-11-7(10)6-5(9)4(8)3-12-6/h4-6,8-9H,2-3H2,1H3/t4-,5-,6-/m1/s1. The number of aliphatic hydroxyl groups is 2. The molecule has 0 aromatic heterocycles. The number of rotatable bonds is 2. The molecular weight excluding hydrogens is 164 g/mol. The Labute approximate surface area is 69.9 Å². The van der Waals surface area contributed by atoms with E-state index >= 15 is 0 Å². The van der Waals surface area contributed by atoms with Crippen molar-refractivity contribution in [2.75, 3.05) is 13.2 Å². The van der Waals surface area contributed by atoms with Crippen molar-refractivity contribution in [2.24, 2.45) is 0 Å². The third kappa shape index (κ3) is 1.74. The van der Waals surface area contributed by atoms with Crippen LogP contribution in [0.4, 0.5) is 0 Å². The second-order valence-electron chi connectivity index (χ2n) is 2.56. The smallest absolute Gasteiger partial charge is 0.338 e. The minimum Gasteiger partial charge on any atom is -0.464 e. The van der Waals surface area contributed by atoms with E-state index in [9.17, 15) is 9.90 Å². The number of ether oxygens (including phenoxy) is 2. The summed E-state index contributed by atoms with van der Waals surface area (Å²) < 4.78 is 9.43. The normalized spacial score (nSPS) is 35.1. The van der Waals surface area contributed by atoms with Gasteiger partial charge in [0.25, 0.3) is 0 Å². The molecule has 3 atom stereocenters. The first kappa shape index (κ1) is 9.44. The Morgan fingerprint density at radius 1 is 1.67 bits per heavy atom. The van der Waals surface area contributed by atoms with Gasteiger partial charge in [-0.25, -0.2) is 4.79 Å². The third-order valence-electron chi connectivity index (χ3n) is 1.67. The highest BCUT2D eigenvalue weighted by molar-refractivity contribution is 5.75. The minimum absolute atomic E-state index is 0.0232. The molecule has 0 radical (unpaired) electrons. The molecule has 70 valence electrons. The molecular formula is C7H12O5. The molecule has 1 fully saturated rings. The Bertz CT molecular complexity index is 169. The van der Waals surface area contributed by atoms with Gasteiger partial charge in [0.05, 0.1) is 13.2 Å². The molecule has 1 saturated heterocycles. The zero-order valence-corrected chi connectivity index (χ0v) is 6.77. The molecule has 0 saturated carbocycles. The lowest BCUT2D eigenvalue weighted by Gasteiger charge is -2.12. The maximum Gasteiger partial charge on any atom is 0.338 e. The van der Waals surface area contributed by atoms with Gasteiger partial charge >= 0.3 is 5.97 Å². The van der Waals surface area contributed by atoms with Crippen molar-refractivity contribution in [1.29, 1.82) is 0 Å². The summed E-state index contributed by atoms with van der Waals surface area (Å²) >= 11 is 0.